The SMILES string of the molecule is CCCCCc1ccc(C2CCC(C3CCC(C)(C(=O)OCCC)CC3)CC2)cc1. The summed E-state index contributed by atoms with van der Waals surface area (Å²) in [6.07, 6.45) is 15.9. The van der Waals surface area contributed by atoms with Crippen LogP contribution in [0.1, 0.15) is 115 Å². The molecule has 0 unspecified atom stereocenters. The zero-order valence-electron chi connectivity index (χ0n) is 19.8. The second-order valence-electron chi connectivity index (χ2n) is 10.3. The van der Waals surface area contributed by atoms with E-state index in [2.05, 4.69) is 45.0 Å². The summed E-state index contributed by atoms with van der Waals surface area (Å²) < 4.78 is 5.47. The topological polar surface area (TPSA) is 26.3 Å². The molecule has 3 rings (SSSR count). The highest BCUT2D eigenvalue weighted by atomic mass is 16.5. The first-order chi connectivity index (χ1) is 14.6. The molecule has 0 aliphatic heterocycles. The molecule has 30 heavy (non-hydrogen) atoms. The van der Waals surface area contributed by atoms with Crippen LogP contribution in [-0.4, -0.2) is 12.6 Å². The van der Waals surface area contributed by atoms with Crippen LogP contribution < -0.4 is 0 Å². The van der Waals surface area contributed by atoms with Gasteiger partial charge in [0.05, 0.1) is 12.0 Å². The van der Waals surface area contributed by atoms with Crippen molar-refractivity contribution in [2.24, 2.45) is 17.3 Å². The Labute approximate surface area is 185 Å². The van der Waals surface area contributed by atoms with E-state index in [0.29, 0.717) is 6.61 Å². The van der Waals surface area contributed by atoms with Crippen LogP contribution in [0.4, 0.5) is 0 Å². The number of aryl methyl sites for hydroxylation is 1. The smallest absolute Gasteiger partial charge is 0.311 e. The summed E-state index contributed by atoms with van der Waals surface area (Å²) in [6, 6.07) is 9.55. The van der Waals surface area contributed by atoms with E-state index in [0.717, 1.165) is 37.0 Å². The number of rotatable bonds is 9. The van der Waals surface area contributed by atoms with Gasteiger partial charge in [-0.2, -0.15) is 0 Å². The molecule has 2 saturated carbocycles. The fourth-order valence-corrected chi connectivity index (χ4v) is 5.78. The molecule has 1 aromatic rings. The Morgan fingerprint density at radius 2 is 1.53 bits per heavy atom. The molecular formula is C28H44O2. The summed E-state index contributed by atoms with van der Waals surface area (Å²) in [7, 11) is 0. The van der Waals surface area contributed by atoms with Crippen molar-refractivity contribution in [3.8, 4) is 0 Å². The minimum Gasteiger partial charge on any atom is -0.465 e. The van der Waals surface area contributed by atoms with E-state index < -0.39 is 0 Å². The molecule has 0 N–H and O–H groups in total. The fourth-order valence-electron chi connectivity index (χ4n) is 5.78. The van der Waals surface area contributed by atoms with Gasteiger partial charge in [0.2, 0.25) is 0 Å². The van der Waals surface area contributed by atoms with E-state index in [-0.39, 0.29) is 11.4 Å². The van der Waals surface area contributed by atoms with Gasteiger partial charge in [-0.25, -0.2) is 0 Å². The highest BCUT2D eigenvalue weighted by Gasteiger charge is 2.41. The lowest BCUT2D eigenvalue weighted by molar-refractivity contribution is -0.157. The minimum absolute atomic E-state index is 0.0460. The molecule has 2 aliphatic carbocycles. The van der Waals surface area contributed by atoms with Gasteiger partial charge in [0.1, 0.15) is 0 Å². The van der Waals surface area contributed by atoms with E-state index in [1.54, 1.807) is 5.56 Å². The Hall–Kier alpha value is -1.31. The maximum atomic E-state index is 12.4. The van der Waals surface area contributed by atoms with Crippen molar-refractivity contribution in [1.82, 2.24) is 0 Å². The van der Waals surface area contributed by atoms with Gasteiger partial charge in [0.25, 0.3) is 0 Å². The Balaban J connectivity index is 1.43. The zero-order chi connectivity index (χ0) is 21.4. The summed E-state index contributed by atoms with van der Waals surface area (Å²) in [4.78, 5) is 12.4. The molecule has 2 aliphatic rings. The zero-order valence-corrected chi connectivity index (χ0v) is 19.8. The highest BCUT2D eigenvalue weighted by Crippen LogP contribution is 2.47. The Morgan fingerprint density at radius 1 is 0.900 bits per heavy atom. The summed E-state index contributed by atoms with van der Waals surface area (Å²) in [6.45, 7) is 7.03. The third kappa shape index (κ3) is 6.11. The maximum absolute atomic E-state index is 12.4. The monoisotopic (exact) mass is 412 g/mol. The Kier molecular flexibility index (Phi) is 8.84. The second-order valence-corrected chi connectivity index (χ2v) is 10.3. The average Bonchev–Trinajstić information content (AvgIpc) is 2.79. The van der Waals surface area contributed by atoms with Crippen LogP contribution in [-0.2, 0) is 16.0 Å². The van der Waals surface area contributed by atoms with Crippen LogP contribution in [0.2, 0.25) is 0 Å². The van der Waals surface area contributed by atoms with Crippen LogP contribution >= 0.6 is 0 Å². The van der Waals surface area contributed by atoms with Crippen LogP contribution in [0.3, 0.4) is 0 Å². The first-order valence-corrected chi connectivity index (χ1v) is 12.8. The molecule has 2 nitrogen and oxygen atoms in total. The average molecular weight is 413 g/mol. The van der Waals surface area contributed by atoms with Crippen molar-refractivity contribution in [3.05, 3.63) is 35.4 Å². The third-order valence-electron chi connectivity index (χ3n) is 8.02. The Morgan fingerprint density at radius 3 is 2.13 bits per heavy atom. The molecule has 0 atom stereocenters. The Bertz CT molecular complexity index is 631. The summed E-state index contributed by atoms with van der Waals surface area (Å²) in [5.74, 6) is 2.48. The molecule has 0 radical (unpaired) electrons. The first kappa shape index (κ1) is 23.4. The second kappa shape index (κ2) is 11.3. The van der Waals surface area contributed by atoms with Gasteiger partial charge in [-0.05, 0) is 106 Å². The molecule has 0 amide bonds. The van der Waals surface area contributed by atoms with Crippen molar-refractivity contribution < 1.29 is 9.53 Å². The van der Waals surface area contributed by atoms with Gasteiger partial charge in [-0.1, -0.05) is 51.0 Å². The van der Waals surface area contributed by atoms with Crippen LogP contribution in [0.5, 0.6) is 0 Å². The van der Waals surface area contributed by atoms with E-state index in [1.165, 1.54) is 69.8 Å². The van der Waals surface area contributed by atoms with E-state index in [9.17, 15) is 4.79 Å². The molecule has 0 bridgehead atoms. The van der Waals surface area contributed by atoms with Gasteiger partial charge in [-0.15, -0.1) is 0 Å². The summed E-state index contributed by atoms with van der Waals surface area (Å²) >= 11 is 0. The quantitative estimate of drug-likeness (QED) is 0.305. The lowest BCUT2D eigenvalue weighted by Gasteiger charge is -2.41. The number of carbonyl (C=O) groups excluding carboxylic acids is 1. The molecule has 0 saturated heterocycles. The van der Waals surface area contributed by atoms with Crippen molar-refractivity contribution in [3.63, 3.8) is 0 Å². The number of esters is 1. The fraction of sp³-hybridized carbons (Fsp3) is 0.750. The summed E-state index contributed by atoms with van der Waals surface area (Å²) in [5.41, 5.74) is 2.83. The molecule has 2 heteroatoms. The van der Waals surface area contributed by atoms with Gasteiger partial charge >= 0.3 is 5.97 Å². The number of hydrogen-bond acceptors (Lipinski definition) is 2. The predicted octanol–water partition coefficient (Wildman–Crippen LogP) is 7.84. The largest absolute Gasteiger partial charge is 0.465 e. The lowest BCUT2D eigenvalue weighted by Crippen LogP contribution is -2.36. The van der Waals surface area contributed by atoms with Crippen molar-refractivity contribution in [2.75, 3.05) is 6.61 Å². The molecule has 1 aromatic carbocycles. The standard InChI is InChI=1S/C28H44O2/c1-4-6-7-8-22-9-11-23(12-10-22)24-13-15-25(16-14-24)26-17-19-28(3,20-18-26)27(29)30-21-5-2/h9-12,24-26H,4-8,13-21H2,1-3H3. The number of hydrogen-bond donors (Lipinski definition) is 0. The lowest BCUT2D eigenvalue weighted by atomic mass is 9.64. The molecule has 0 heterocycles. The van der Waals surface area contributed by atoms with E-state index in [1.807, 2.05) is 0 Å². The minimum atomic E-state index is -0.234. The molecular weight excluding hydrogens is 368 g/mol. The molecule has 0 spiro atoms. The summed E-state index contributed by atoms with van der Waals surface area (Å²) in [5, 5.41) is 0. The first-order valence-electron chi connectivity index (χ1n) is 12.8. The van der Waals surface area contributed by atoms with E-state index in [4.69, 9.17) is 4.74 Å². The number of benzene rings is 1. The number of unbranched alkanes of at least 4 members (excludes halogenated alkanes) is 2. The normalized spacial score (nSPS) is 29.5. The van der Waals surface area contributed by atoms with Crippen LogP contribution in [0.25, 0.3) is 0 Å². The van der Waals surface area contributed by atoms with Gasteiger partial charge < -0.3 is 4.74 Å². The third-order valence-corrected chi connectivity index (χ3v) is 8.02. The van der Waals surface area contributed by atoms with Gasteiger partial charge in [-0.3, -0.25) is 4.79 Å². The number of carbonyl (C=O) groups is 1. The predicted molar refractivity (Wildman–Crippen MR) is 126 cm³/mol. The highest BCUT2D eigenvalue weighted by molar-refractivity contribution is 5.76. The number of ether oxygens (including phenoxy) is 1. The molecule has 168 valence electrons. The molecule has 0 aromatic heterocycles. The van der Waals surface area contributed by atoms with Crippen LogP contribution in [0, 0.1) is 17.3 Å². The van der Waals surface area contributed by atoms with E-state index >= 15 is 0 Å². The van der Waals surface area contributed by atoms with Crippen molar-refractivity contribution in [1.29, 1.82) is 0 Å². The maximum Gasteiger partial charge on any atom is 0.311 e. The van der Waals surface area contributed by atoms with Gasteiger partial charge in [0, 0.05) is 0 Å². The van der Waals surface area contributed by atoms with Crippen molar-refractivity contribution in [2.45, 2.75) is 110 Å². The molecule has 2 fully saturated rings. The van der Waals surface area contributed by atoms with Crippen LogP contribution in [0.15, 0.2) is 24.3 Å². The van der Waals surface area contributed by atoms with Crippen molar-refractivity contribution >= 4 is 5.97 Å². The van der Waals surface area contributed by atoms with Gasteiger partial charge in [0.15, 0.2) is 0 Å².